The van der Waals surface area contributed by atoms with Crippen LogP contribution in [0.5, 0.6) is 0 Å². The zero-order chi connectivity index (χ0) is 13.2. The van der Waals surface area contributed by atoms with E-state index in [4.69, 9.17) is 0 Å². The highest BCUT2D eigenvalue weighted by Crippen LogP contribution is 2.35. The summed E-state index contributed by atoms with van der Waals surface area (Å²) in [5.41, 5.74) is 3.55. The van der Waals surface area contributed by atoms with E-state index in [1.807, 2.05) is 48.5 Å². The molecule has 0 bridgehead atoms. The molecule has 2 aromatic carbocycles. The second kappa shape index (κ2) is 4.53. The molecule has 0 saturated carbocycles. The van der Waals surface area contributed by atoms with E-state index in [0.717, 1.165) is 16.7 Å². The van der Waals surface area contributed by atoms with Crippen LogP contribution < -0.4 is 5.32 Å². The maximum Gasteiger partial charge on any atom is 0.211 e. The lowest BCUT2D eigenvalue weighted by molar-refractivity contribution is -0.108. The van der Waals surface area contributed by atoms with Crippen LogP contribution >= 0.6 is 0 Å². The topological polar surface area (TPSA) is 46.2 Å². The predicted molar refractivity (Wildman–Crippen MR) is 72.4 cm³/mol. The molecule has 19 heavy (non-hydrogen) atoms. The number of ketones is 1. The monoisotopic (exact) mass is 249 g/mol. The van der Waals surface area contributed by atoms with Gasteiger partial charge in [-0.3, -0.25) is 9.59 Å². The zero-order valence-corrected chi connectivity index (χ0v) is 10.1. The van der Waals surface area contributed by atoms with Gasteiger partial charge in [-0.25, -0.2) is 0 Å². The number of carbonyl (C=O) groups is 2. The van der Waals surface area contributed by atoms with E-state index >= 15 is 0 Å². The summed E-state index contributed by atoms with van der Waals surface area (Å²) in [5.74, 6) is -0.137. The van der Waals surface area contributed by atoms with Crippen molar-refractivity contribution in [3.63, 3.8) is 0 Å². The molecular formula is C16H11NO2. The summed E-state index contributed by atoms with van der Waals surface area (Å²) < 4.78 is 0. The molecular weight excluding hydrogens is 238 g/mol. The van der Waals surface area contributed by atoms with Gasteiger partial charge in [-0.2, -0.15) is 0 Å². The molecule has 0 atom stereocenters. The van der Waals surface area contributed by atoms with Crippen LogP contribution in [0.3, 0.4) is 0 Å². The smallest absolute Gasteiger partial charge is 0.211 e. The maximum absolute atomic E-state index is 12.3. The van der Waals surface area contributed by atoms with Crippen LogP contribution in [0.15, 0.2) is 60.3 Å². The van der Waals surface area contributed by atoms with Crippen molar-refractivity contribution in [2.24, 2.45) is 0 Å². The van der Waals surface area contributed by atoms with Crippen LogP contribution in [-0.2, 0) is 4.79 Å². The van der Waals surface area contributed by atoms with Gasteiger partial charge < -0.3 is 5.32 Å². The highest BCUT2D eigenvalue weighted by Gasteiger charge is 2.29. The van der Waals surface area contributed by atoms with Crippen molar-refractivity contribution in [3.8, 4) is 0 Å². The summed E-state index contributed by atoms with van der Waals surface area (Å²) in [4.78, 5) is 23.0. The quantitative estimate of drug-likeness (QED) is 0.849. The van der Waals surface area contributed by atoms with Crippen molar-refractivity contribution in [1.82, 2.24) is 5.32 Å². The van der Waals surface area contributed by atoms with Gasteiger partial charge in [-0.05, 0) is 11.1 Å². The van der Waals surface area contributed by atoms with Crippen molar-refractivity contribution in [3.05, 3.63) is 77.0 Å². The number of hydrogen-bond donors (Lipinski definition) is 1. The van der Waals surface area contributed by atoms with Gasteiger partial charge in [0.05, 0.1) is 5.70 Å². The fourth-order valence-corrected chi connectivity index (χ4v) is 2.38. The van der Waals surface area contributed by atoms with Gasteiger partial charge >= 0.3 is 0 Å². The Morgan fingerprint density at radius 2 is 1.47 bits per heavy atom. The van der Waals surface area contributed by atoms with Gasteiger partial charge in [0.25, 0.3) is 0 Å². The molecule has 2 aromatic rings. The highest BCUT2D eigenvalue weighted by atomic mass is 16.1. The molecule has 0 radical (unpaired) electrons. The molecule has 1 amide bonds. The molecule has 0 aromatic heterocycles. The Kier molecular flexibility index (Phi) is 2.72. The number of allylic oxidation sites excluding steroid dienone is 1. The lowest BCUT2D eigenvalue weighted by atomic mass is 9.99. The maximum atomic E-state index is 12.3. The van der Waals surface area contributed by atoms with Crippen LogP contribution in [0.2, 0.25) is 0 Å². The Hall–Kier alpha value is -2.68. The molecule has 0 unspecified atom stereocenters. The second-order valence-corrected chi connectivity index (χ2v) is 4.25. The highest BCUT2D eigenvalue weighted by molar-refractivity contribution is 6.23. The molecule has 1 N–H and O–H groups in total. The number of hydrogen-bond acceptors (Lipinski definition) is 2. The number of carbonyl (C=O) groups excluding carboxylic acids is 2. The Bertz CT molecular complexity index is 687. The summed E-state index contributed by atoms with van der Waals surface area (Å²) in [6, 6.07) is 17.0. The minimum Gasteiger partial charge on any atom is -0.325 e. The van der Waals surface area contributed by atoms with Crippen LogP contribution in [0.1, 0.15) is 21.5 Å². The molecule has 0 fully saturated rings. The van der Waals surface area contributed by atoms with Crippen molar-refractivity contribution in [1.29, 1.82) is 0 Å². The van der Waals surface area contributed by atoms with Crippen LogP contribution in [-0.4, -0.2) is 12.2 Å². The first-order valence-electron chi connectivity index (χ1n) is 5.97. The Labute approximate surface area is 110 Å². The summed E-state index contributed by atoms with van der Waals surface area (Å²) in [6.07, 6.45) is 0.544. The Balaban J connectivity index is 2.26. The minimum atomic E-state index is -0.137. The molecule has 1 aliphatic rings. The zero-order valence-electron chi connectivity index (χ0n) is 10.1. The third-order valence-corrected chi connectivity index (χ3v) is 3.18. The molecule has 3 rings (SSSR count). The first kappa shape index (κ1) is 11.4. The number of rotatable bonds is 3. The first-order valence-corrected chi connectivity index (χ1v) is 5.97. The van der Waals surface area contributed by atoms with Gasteiger partial charge in [0, 0.05) is 11.1 Å². The third kappa shape index (κ3) is 1.76. The van der Waals surface area contributed by atoms with E-state index in [9.17, 15) is 9.59 Å². The average molecular weight is 249 g/mol. The fourth-order valence-electron chi connectivity index (χ4n) is 2.38. The SMILES string of the molecule is O=CNC1=C(c2ccccc2)c2ccccc2C1=O. The summed E-state index contributed by atoms with van der Waals surface area (Å²) in [7, 11) is 0. The van der Waals surface area contributed by atoms with Crippen molar-refractivity contribution in [2.45, 2.75) is 0 Å². The minimum absolute atomic E-state index is 0.137. The molecule has 0 aliphatic heterocycles. The molecule has 0 saturated heterocycles. The lowest BCUT2D eigenvalue weighted by Gasteiger charge is -2.06. The second-order valence-electron chi connectivity index (χ2n) is 4.25. The van der Waals surface area contributed by atoms with E-state index in [1.165, 1.54) is 0 Å². The average Bonchev–Trinajstić information content (AvgIpc) is 2.74. The largest absolute Gasteiger partial charge is 0.325 e. The predicted octanol–water partition coefficient (Wildman–Crippen LogP) is 2.39. The molecule has 1 aliphatic carbocycles. The van der Waals surface area contributed by atoms with E-state index < -0.39 is 0 Å². The van der Waals surface area contributed by atoms with Gasteiger partial charge in [-0.1, -0.05) is 54.6 Å². The molecule has 92 valence electrons. The van der Waals surface area contributed by atoms with E-state index in [2.05, 4.69) is 5.32 Å². The van der Waals surface area contributed by atoms with Crippen molar-refractivity contribution >= 4 is 17.8 Å². The summed E-state index contributed by atoms with van der Waals surface area (Å²) in [6.45, 7) is 0. The number of benzene rings is 2. The van der Waals surface area contributed by atoms with Crippen molar-refractivity contribution < 1.29 is 9.59 Å². The van der Waals surface area contributed by atoms with Crippen molar-refractivity contribution in [2.75, 3.05) is 0 Å². The summed E-state index contributed by atoms with van der Waals surface area (Å²) >= 11 is 0. The van der Waals surface area contributed by atoms with Gasteiger partial charge in [0.1, 0.15) is 0 Å². The molecule has 0 heterocycles. The standard InChI is InChI=1S/C16H11NO2/c18-10-17-15-14(11-6-2-1-3-7-11)12-8-4-5-9-13(12)16(15)19/h1-10H,(H,17,18,19). The normalized spacial score (nSPS) is 13.4. The molecule has 0 spiro atoms. The van der Waals surface area contributed by atoms with E-state index in [0.29, 0.717) is 17.7 Å². The van der Waals surface area contributed by atoms with Crippen LogP contribution in [0.4, 0.5) is 0 Å². The summed E-state index contributed by atoms with van der Waals surface area (Å²) in [5, 5.41) is 2.54. The number of nitrogens with one attached hydrogen (secondary N) is 1. The Morgan fingerprint density at radius 3 is 2.16 bits per heavy atom. The molecule has 3 nitrogen and oxygen atoms in total. The fraction of sp³-hybridized carbons (Fsp3) is 0. The van der Waals surface area contributed by atoms with E-state index in [1.54, 1.807) is 6.07 Å². The Morgan fingerprint density at radius 1 is 0.842 bits per heavy atom. The number of Topliss-reactive ketones (excluding diaryl/α,β-unsaturated/α-hetero) is 1. The van der Waals surface area contributed by atoms with Gasteiger partial charge in [0.15, 0.2) is 0 Å². The van der Waals surface area contributed by atoms with Crippen LogP contribution in [0, 0.1) is 0 Å². The van der Waals surface area contributed by atoms with E-state index in [-0.39, 0.29) is 5.78 Å². The molecule has 3 heteroatoms. The third-order valence-electron chi connectivity index (χ3n) is 3.18. The lowest BCUT2D eigenvalue weighted by Crippen LogP contribution is -2.16. The van der Waals surface area contributed by atoms with Gasteiger partial charge in [-0.15, -0.1) is 0 Å². The van der Waals surface area contributed by atoms with Gasteiger partial charge in [0.2, 0.25) is 12.2 Å². The number of fused-ring (bicyclic) bond motifs is 1. The van der Waals surface area contributed by atoms with Crippen LogP contribution in [0.25, 0.3) is 5.57 Å². The number of amides is 1. The first-order chi connectivity index (χ1) is 9.33.